The molecule has 0 fully saturated rings. The van der Waals surface area contributed by atoms with Gasteiger partial charge in [-0.05, 0) is 6.42 Å². The van der Waals surface area contributed by atoms with E-state index in [0.717, 1.165) is 0 Å². The zero-order chi connectivity index (χ0) is 15.6. The first-order chi connectivity index (χ1) is 9.97. The number of carbonyl (C=O) groups excluding carboxylic acids is 1. The van der Waals surface area contributed by atoms with Gasteiger partial charge in [-0.25, -0.2) is 0 Å². The molecule has 0 saturated heterocycles. The summed E-state index contributed by atoms with van der Waals surface area (Å²) in [5.41, 5.74) is 1.38. The Morgan fingerprint density at radius 3 is 2.52 bits per heavy atom. The van der Waals surface area contributed by atoms with Crippen molar-refractivity contribution in [2.75, 3.05) is 31.5 Å². The van der Waals surface area contributed by atoms with Gasteiger partial charge < -0.3 is 24.8 Å². The molecule has 1 aromatic carbocycles. The van der Waals surface area contributed by atoms with E-state index in [0.29, 0.717) is 22.9 Å². The van der Waals surface area contributed by atoms with Crippen LogP contribution in [0, 0.1) is 0 Å². The van der Waals surface area contributed by atoms with Gasteiger partial charge in [-0.3, -0.25) is 9.59 Å². The topological polar surface area (TPSA) is 88.1 Å². The van der Waals surface area contributed by atoms with E-state index in [4.69, 9.17) is 14.6 Å². The van der Waals surface area contributed by atoms with Crippen LogP contribution in [-0.2, 0) is 9.59 Å². The van der Waals surface area contributed by atoms with Crippen LogP contribution in [0.1, 0.15) is 12.8 Å². The van der Waals surface area contributed by atoms with Gasteiger partial charge in [0.15, 0.2) is 11.5 Å². The molecule has 1 amide bonds. The summed E-state index contributed by atoms with van der Waals surface area (Å²) in [4.78, 5) is 24.4. The van der Waals surface area contributed by atoms with Crippen molar-refractivity contribution in [2.45, 2.75) is 18.9 Å². The first-order valence-corrected chi connectivity index (χ1v) is 6.49. The third-order valence-corrected chi connectivity index (χ3v) is 3.47. The number of methoxy groups -OCH3 is 2. The third-order valence-electron chi connectivity index (χ3n) is 3.47. The van der Waals surface area contributed by atoms with Gasteiger partial charge >= 0.3 is 5.97 Å². The van der Waals surface area contributed by atoms with Crippen molar-refractivity contribution in [3.05, 3.63) is 12.1 Å². The van der Waals surface area contributed by atoms with Crippen molar-refractivity contribution in [2.24, 2.45) is 0 Å². The molecule has 7 nitrogen and oxygen atoms in total. The minimum Gasteiger partial charge on any atom is -0.493 e. The van der Waals surface area contributed by atoms with Gasteiger partial charge in [0.25, 0.3) is 0 Å². The Kier molecular flexibility index (Phi) is 4.21. The van der Waals surface area contributed by atoms with Gasteiger partial charge in [-0.15, -0.1) is 0 Å². The van der Waals surface area contributed by atoms with Crippen molar-refractivity contribution in [3.63, 3.8) is 0 Å². The smallest absolute Gasteiger partial charge is 0.303 e. The summed E-state index contributed by atoms with van der Waals surface area (Å²) in [6.45, 7) is 0. The van der Waals surface area contributed by atoms with Crippen LogP contribution in [0.15, 0.2) is 12.1 Å². The van der Waals surface area contributed by atoms with Gasteiger partial charge in [-0.2, -0.15) is 0 Å². The number of benzene rings is 1. The summed E-state index contributed by atoms with van der Waals surface area (Å²) < 4.78 is 10.5. The second-order valence-electron chi connectivity index (χ2n) is 4.75. The lowest BCUT2D eigenvalue weighted by Gasteiger charge is -2.33. The van der Waals surface area contributed by atoms with Crippen molar-refractivity contribution < 1.29 is 24.2 Å². The number of hydrogen-bond donors (Lipinski definition) is 2. The Labute approximate surface area is 122 Å². The molecular weight excluding hydrogens is 276 g/mol. The molecule has 0 saturated carbocycles. The number of carboxylic acid groups (broad SMARTS) is 1. The highest BCUT2D eigenvalue weighted by molar-refractivity contribution is 6.05. The van der Waals surface area contributed by atoms with E-state index < -0.39 is 12.0 Å². The fourth-order valence-corrected chi connectivity index (χ4v) is 2.33. The maximum Gasteiger partial charge on any atom is 0.303 e. The molecule has 1 unspecified atom stereocenters. The van der Waals surface area contributed by atoms with Gasteiger partial charge in [0, 0.05) is 25.6 Å². The normalized spacial score (nSPS) is 17.0. The number of nitrogens with zero attached hydrogens (tertiary/aromatic N) is 1. The molecule has 0 bridgehead atoms. The average molecular weight is 294 g/mol. The lowest BCUT2D eigenvalue weighted by molar-refractivity contribution is -0.137. The molecule has 0 aromatic heterocycles. The fraction of sp³-hybridized carbons (Fsp3) is 0.429. The van der Waals surface area contributed by atoms with E-state index in [1.807, 2.05) is 0 Å². The lowest BCUT2D eigenvalue weighted by atomic mass is 10.0. The Bertz CT molecular complexity index is 573. The number of carbonyl (C=O) groups is 2. The summed E-state index contributed by atoms with van der Waals surface area (Å²) in [5, 5.41) is 11.8. The number of nitrogens with one attached hydrogen (secondary N) is 1. The first kappa shape index (κ1) is 15.0. The maximum atomic E-state index is 12.3. The molecule has 1 atom stereocenters. The summed E-state index contributed by atoms with van der Waals surface area (Å²) in [6.07, 6.45) is 0.159. The van der Waals surface area contributed by atoms with Crippen LogP contribution >= 0.6 is 0 Å². The largest absolute Gasteiger partial charge is 0.493 e. The van der Waals surface area contributed by atoms with Crippen molar-refractivity contribution in [1.82, 2.24) is 0 Å². The summed E-state index contributed by atoms with van der Waals surface area (Å²) in [7, 11) is 4.71. The molecule has 1 heterocycles. The molecule has 114 valence electrons. The third kappa shape index (κ3) is 2.86. The van der Waals surface area contributed by atoms with Crippen LogP contribution in [0.5, 0.6) is 11.5 Å². The first-order valence-electron chi connectivity index (χ1n) is 6.49. The number of anilines is 2. The SMILES string of the molecule is COc1cc2c(cc1OC)N(C)C(=O)C(CCC(=O)O)N2. The fourth-order valence-electron chi connectivity index (χ4n) is 2.33. The minimum atomic E-state index is -0.926. The molecule has 7 heteroatoms. The monoisotopic (exact) mass is 294 g/mol. The number of hydrogen-bond acceptors (Lipinski definition) is 5. The highest BCUT2D eigenvalue weighted by Gasteiger charge is 2.31. The van der Waals surface area contributed by atoms with Gasteiger partial charge in [0.1, 0.15) is 6.04 Å². The number of ether oxygens (including phenoxy) is 2. The Hall–Kier alpha value is -2.44. The standard InChI is InChI=1S/C14H18N2O5/c1-16-10-7-12(21-3)11(20-2)6-9(10)15-8(14(16)19)4-5-13(17)18/h6-8,15H,4-5H2,1-3H3,(H,17,18). The molecule has 1 aliphatic rings. The zero-order valence-electron chi connectivity index (χ0n) is 12.2. The van der Waals surface area contributed by atoms with E-state index in [1.54, 1.807) is 19.2 Å². The van der Waals surface area contributed by atoms with Crippen LogP contribution in [0.3, 0.4) is 0 Å². The maximum absolute atomic E-state index is 12.3. The summed E-state index contributed by atoms with van der Waals surface area (Å²) in [5.74, 6) is -0.0218. The number of carboxylic acids is 1. The van der Waals surface area contributed by atoms with Crippen LogP contribution < -0.4 is 19.7 Å². The lowest BCUT2D eigenvalue weighted by Crippen LogP contribution is -2.45. The summed E-state index contributed by atoms with van der Waals surface area (Å²) >= 11 is 0. The van der Waals surface area contributed by atoms with Crippen LogP contribution in [-0.4, -0.2) is 44.3 Å². The van der Waals surface area contributed by atoms with Crippen LogP contribution in [0.25, 0.3) is 0 Å². The van der Waals surface area contributed by atoms with Crippen molar-refractivity contribution >= 4 is 23.3 Å². The molecule has 0 radical (unpaired) electrons. The van der Waals surface area contributed by atoms with Crippen molar-refractivity contribution in [3.8, 4) is 11.5 Å². The molecule has 2 rings (SSSR count). The number of aliphatic carboxylic acids is 1. The van der Waals surface area contributed by atoms with E-state index in [9.17, 15) is 9.59 Å². The number of fused-ring (bicyclic) bond motifs is 1. The highest BCUT2D eigenvalue weighted by Crippen LogP contribution is 2.40. The van der Waals surface area contributed by atoms with Crippen molar-refractivity contribution in [1.29, 1.82) is 0 Å². The Morgan fingerprint density at radius 1 is 1.33 bits per heavy atom. The highest BCUT2D eigenvalue weighted by atomic mass is 16.5. The Morgan fingerprint density at radius 2 is 1.95 bits per heavy atom. The van der Waals surface area contributed by atoms with Gasteiger partial charge in [0.2, 0.25) is 5.91 Å². The minimum absolute atomic E-state index is 0.0696. The average Bonchev–Trinajstić information content (AvgIpc) is 2.48. The van der Waals surface area contributed by atoms with E-state index in [-0.39, 0.29) is 18.7 Å². The van der Waals surface area contributed by atoms with Crippen LogP contribution in [0.2, 0.25) is 0 Å². The van der Waals surface area contributed by atoms with Gasteiger partial charge in [0.05, 0.1) is 25.6 Å². The quantitative estimate of drug-likeness (QED) is 0.851. The second-order valence-corrected chi connectivity index (χ2v) is 4.75. The summed E-state index contributed by atoms with van der Waals surface area (Å²) in [6, 6.07) is 2.90. The molecule has 1 aromatic rings. The predicted molar refractivity (Wildman–Crippen MR) is 77.2 cm³/mol. The molecular formula is C14H18N2O5. The number of rotatable bonds is 5. The zero-order valence-corrected chi connectivity index (χ0v) is 12.2. The van der Waals surface area contributed by atoms with E-state index in [2.05, 4.69) is 5.32 Å². The number of likely N-dealkylation sites (N-methyl/N-ethyl adjacent to an activating group) is 1. The molecule has 1 aliphatic heterocycles. The van der Waals surface area contributed by atoms with Crippen LogP contribution in [0.4, 0.5) is 11.4 Å². The van der Waals surface area contributed by atoms with E-state index >= 15 is 0 Å². The Balaban J connectivity index is 2.33. The second kappa shape index (κ2) is 5.90. The van der Waals surface area contributed by atoms with Gasteiger partial charge in [-0.1, -0.05) is 0 Å². The molecule has 2 N–H and O–H groups in total. The van der Waals surface area contributed by atoms with E-state index in [1.165, 1.54) is 19.1 Å². The predicted octanol–water partition coefficient (Wildman–Crippen LogP) is 1.33. The molecule has 0 spiro atoms. The number of amides is 1. The molecule has 0 aliphatic carbocycles. The molecule has 21 heavy (non-hydrogen) atoms.